The molecule has 2 aliphatic rings. The Balaban J connectivity index is 1.62. The number of nitrogens with one attached hydrogen (secondary N) is 1. The highest BCUT2D eigenvalue weighted by molar-refractivity contribution is 5.79. The summed E-state index contributed by atoms with van der Waals surface area (Å²) in [5.74, 6) is 0.705. The van der Waals surface area contributed by atoms with Crippen LogP contribution in [-0.2, 0) is 16.0 Å². The molecular formula is C16H27N7O2. The lowest BCUT2D eigenvalue weighted by molar-refractivity contribution is -0.143. The standard InChI is InChI=1S/C16H27N7O2/c1-21(2)8-9-23-12-16(6-4-14(23)24)5-3-7-22(11-16)15(25)10-13-17-19-20-18-13/h3-12H2,1-2H3,(H,17,18,19,20)/t16-/m1/s1. The number of carbonyl (C=O) groups excluding carboxylic acids is 2. The molecule has 138 valence electrons. The van der Waals surface area contributed by atoms with Crippen LogP contribution in [0.3, 0.4) is 0 Å². The number of amides is 2. The Morgan fingerprint density at radius 1 is 1.32 bits per heavy atom. The lowest BCUT2D eigenvalue weighted by Gasteiger charge is -2.48. The Morgan fingerprint density at radius 3 is 2.88 bits per heavy atom. The third-order valence-corrected chi connectivity index (χ3v) is 5.28. The van der Waals surface area contributed by atoms with E-state index in [-0.39, 0.29) is 23.7 Å². The van der Waals surface area contributed by atoms with Crippen molar-refractivity contribution in [2.75, 3.05) is 46.8 Å². The van der Waals surface area contributed by atoms with E-state index in [4.69, 9.17) is 0 Å². The third kappa shape index (κ3) is 4.33. The number of likely N-dealkylation sites (tertiary alicyclic amines) is 2. The van der Waals surface area contributed by atoms with Gasteiger partial charge in [0, 0.05) is 44.6 Å². The van der Waals surface area contributed by atoms with Crippen LogP contribution in [0.4, 0.5) is 0 Å². The van der Waals surface area contributed by atoms with Gasteiger partial charge in [0.2, 0.25) is 11.8 Å². The normalized spacial score (nSPS) is 24.4. The first kappa shape index (κ1) is 17.8. The number of hydrogen-bond donors (Lipinski definition) is 1. The Kier molecular flexibility index (Phi) is 5.31. The number of rotatable bonds is 5. The van der Waals surface area contributed by atoms with Crippen LogP contribution in [-0.4, -0.2) is 94.0 Å². The molecule has 0 aliphatic carbocycles. The quantitative estimate of drug-likeness (QED) is 0.772. The van der Waals surface area contributed by atoms with E-state index in [1.807, 2.05) is 23.9 Å². The second-order valence-corrected chi connectivity index (χ2v) is 7.54. The van der Waals surface area contributed by atoms with E-state index in [0.717, 1.165) is 52.0 Å². The van der Waals surface area contributed by atoms with Crippen LogP contribution in [0, 0.1) is 5.41 Å². The summed E-state index contributed by atoms with van der Waals surface area (Å²) in [4.78, 5) is 30.8. The molecule has 0 aromatic carbocycles. The number of H-pyrrole nitrogens is 1. The highest BCUT2D eigenvalue weighted by Crippen LogP contribution is 2.38. The molecule has 2 aliphatic heterocycles. The third-order valence-electron chi connectivity index (χ3n) is 5.28. The maximum Gasteiger partial charge on any atom is 0.230 e. The Bertz CT molecular complexity index is 604. The summed E-state index contributed by atoms with van der Waals surface area (Å²) in [5.41, 5.74) is 0.0331. The largest absolute Gasteiger partial charge is 0.342 e. The first-order chi connectivity index (χ1) is 12.0. The molecule has 1 N–H and O–H groups in total. The maximum absolute atomic E-state index is 12.6. The van der Waals surface area contributed by atoms with Gasteiger partial charge in [-0.15, -0.1) is 10.2 Å². The van der Waals surface area contributed by atoms with Crippen LogP contribution < -0.4 is 0 Å². The molecule has 0 radical (unpaired) electrons. The minimum atomic E-state index is 0.0331. The van der Waals surface area contributed by atoms with E-state index < -0.39 is 0 Å². The predicted molar refractivity (Wildman–Crippen MR) is 90.5 cm³/mol. The molecule has 9 nitrogen and oxygen atoms in total. The molecule has 1 aromatic heterocycles. The molecule has 2 amide bonds. The van der Waals surface area contributed by atoms with Crippen LogP contribution >= 0.6 is 0 Å². The summed E-state index contributed by atoms with van der Waals surface area (Å²) in [5, 5.41) is 13.6. The fraction of sp³-hybridized carbons (Fsp3) is 0.812. The van der Waals surface area contributed by atoms with Crippen molar-refractivity contribution in [3.8, 4) is 0 Å². The summed E-state index contributed by atoms with van der Waals surface area (Å²) in [6.45, 7) is 3.86. The van der Waals surface area contributed by atoms with Crippen molar-refractivity contribution in [2.24, 2.45) is 5.41 Å². The molecule has 25 heavy (non-hydrogen) atoms. The molecular weight excluding hydrogens is 322 g/mol. The smallest absolute Gasteiger partial charge is 0.230 e. The zero-order chi connectivity index (χ0) is 17.9. The van der Waals surface area contributed by atoms with Gasteiger partial charge in [-0.25, -0.2) is 0 Å². The van der Waals surface area contributed by atoms with Gasteiger partial charge in [0.15, 0.2) is 5.82 Å². The van der Waals surface area contributed by atoms with Crippen molar-refractivity contribution < 1.29 is 9.59 Å². The molecule has 1 atom stereocenters. The molecule has 9 heteroatoms. The van der Waals surface area contributed by atoms with E-state index in [1.54, 1.807) is 0 Å². The van der Waals surface area contributed by atoms with Gasteiger partial charge >= 0.3 is 0 Å². The van der Waals surface area contributed by atoms with Crippen molar-refractivity contribution >= 4 is 11.8 Å². The minimum absolute atomic E-state index is 0.0331. The molecule has 2 saturated heterocycles. The second kappa shape index (κ2) is 7.47. The summed E-state index contributed by atoms with van der Waals surface area (Å²) in [6.07, 6.45) is 3.69. The lowest BCUT2D eigenvalue weighted by atomic mass is 9.73. The van der Waals surface area contributed by atoms with Crippen molar-refractivity contribution in [2.45, 2.75) is 32.1 Å². The zero-order valence-electron chi connectivity index (χ0n) is 15.1. The SMILES string of the molecule is CN(C)CCN1C[C@]2(CCCN(C(=O)Cc3nn[nH]n3)C2)CCC1=O. The summed E-state index contributed by atoms with van der Waals surface area (Å²) < 4.78 is 0. The van der Waals surface area contributed by atoms with Gasteiger partial charge in [-0.05, 0) is 33.4 Å². The van der Waals surface area contributed by atoms with E-state index >= 15 is 0 Å². The van der Waals surface area contributed by atoms with Gasteiger partial charge in [0.05, 0.1) is 6.42 Å². The fourth-order valence-electron chi connectivity index (χ4n) is 3.89. The average Bonchev–Trinajstić information content (AvgIpc) is 3.09. The van der Waals surface area contributed by atoms with Gasteiger partial charge in [0.1, 0.15) is 0 Å². The molecule has 0 saturated carbocycles. The van der Waals surface area contributed by atoms with E-state index in [0.29, 0.717) is 12.2 Å². The topological polar surface area (TPSA) is 98.3 Å². The van der Waals surface area contributed by atoms with Crippen molar-refractivity contribution in [1.82, 2.24) is 35.3 Å². The number of tetrazole rings is 1. The zero-order valence-corrected chi connectivity index (χ0v) is 15.1. The van der Waals surface area contributed by atoms with Gasteiger partial charge in [-0.3, -0.25) is 9.59 Å². The molecule has 3 heterocycles. The number of aromatic nitrogens is 4. The van der Waals surface area contributed by atoms with Crippen LogP contribution in [0.1, 0.15) is 31.5 Å². The number of likely N-dealkylation sites (N-methyl/N-ethyl adjacent to an activating group) is 1. The number of carbonyl (C=O) groups is 2. The van der Waals surface area contributed by atoms with Crippen LogP contribution in [0.2, 0.25) is 0 Å². The maximum atomic E-state index is 12.6. The summed E-state index contributed by atoms with van der Waals surface area (Å²) >= 11 is 0. The Hall–Kier alpha value is -2.03. The van der Waals surface area contributed by atoms with E-state index in [1.165, 1.54) is 0 Å². The molecule has 0 unspecified atom stereocenters. The number of aromatic amines is 1. The second-order valence-electron chi connectivity index (χ2n) is 7.54. The monoisotopic (exact) mass is 349 g/mol. The Morgan fingerprint density at radius 2 is 2.16 bits per heavy atom. The first-order valence-corrected chi connectivity index (χ1v) is 8.90. The summed E-state index contributed by atoms with van der Waals surface area (Å²) in [7, 11) is 4.03. The first-order valence-electron chi connectivity index (χ1n) is 8.90. The van der Waals surface area contributed by atoms with Gasteiger partial charge in [-0.2, -0.15) is 5.21 Å². The van der Waals surface area contributed by atoms with Gasteiger partial charge in [0.25, 0.3) is 0 Å². The van der Waals surface area contributed by atoms with Gasteiger partial charge < -0.3 is 14.7 Å². The average molecular weight is 349 g/mol. The number of nitrogens with zero attached hydrogens (tertiary/aromatic N) is 6. The highest BCUT2D eigenvalue weighted by atomic mass is 16.2. The molecule has 1 spiro atoms. The van der Waals surface area contributed by atoms with Crippen molar-refractivity contribution in [3.63, 3.8) is 0 Å². The molecule has 0 bridgehead atoms. The van der Waals surface area contributed by atoms with Crippen LogP contribution in [0.15, 0.2) is 0 Å². The van der Waals surface area contributed by atoms with Crippen LogP contribution in [0.5, 0.6) is 0 Å². The number of hydrogen-bond acceptors (Lipinski definition) is 6. The Labute approximate surface area is 147 Å². The summed E-state index contributed by atoms with van der Waals surface area (Å²) in [6, 6.07) is 0. The van der Waals surface area contributed by atoms with Crippen molar-refractivity contribution in [1.29, 1.82) is 0 Å². The predicted octanol–water partition coefficient (Wildman–Crippen LogP) is -0.465. The molecule has 2 fully saturated rings. The van der Waals surface area contributed by atoms with E-state index in [2.05, 4.69) is 25.5 Å². The molecule has 1 aromatic rings. The van der Waals surface area contributed by atoms with Crippen molar-refractivity contribution in [3.05, 3.63) is 5.82 Å². The van der Waals surface area contributed by atoms with Crippen LogP contribution in [0.25, 0.3) is 0 Å². The van der Waals surface area contributed by atoms with Gasteiger partial charge in [-0.1, -0.05) is 5.21 Å². The minimum Gasteiger partial charge on any atom is -0.342 e. The van der Waals surface area contributed by atoms with E-state index in [9.17, 15) is 9.59 Å². The highest BCUT2D eigenvalue weighted by Gasteiger charge is 2.42. The lowest BCUT2D eigenvalue weighted by Crippen LogP contribution is -2.56. The fourth-order valence-corrected chi connectivity index (χ4v) is 3.89. The molecule has 3 rings (SSSR count). The number of piperidine rings is 2.